The lowest BCUT2D eigenvalue weighted by Crippen LogP contribution is -2.22. The molecule has 0 aromatic heterocycles. The van der Waals surface area contributed by atoms with Crippen molar-refractivity contribution in [1.82, 2.24) is 0 Å². The predicted molar refractivity (Wildman–Crippen MR) is 94.5 cm³/mol. The van der Waals surface area contributed by atoms with Crippen molar-refractivity contribution < 1.29 is 19.4 Å². The minimum Gasteiger partial charge on any atom is -0.481 e. The zero-order valence-corrected chi connectivity index (χ0v) is 15.2. The molecule has 1 aromatic carbocycles. The van der Waals surface area contributed by atoms with Crippen molar-refractivity contribution in [3.05, 3.63) is 35.9 Å². The largest absolute Gasteiger partial charge is 0.481 e. The van der Waals surface area contributed by atoms with Crippen LogP contribution in [0.5, 0.6) is 0 Å². The molecule has 2 atom stereocenters. The number of carbonyl (C=O) groups is 2. The summed E-state index contributed by atoms with van der Waals surface area (Å²) in [4.78, 5) is 23.3. The molecule has 1 rings (SSSR count). The number of carboxylic acids is 1. The van der Waals surface area contributed by atoms with Crippen molar-refractivity contribution in [2.75, 3.05) is 0 Å². The van der Waals surface area contributed by atoms with Gasteiger partial charge in [-0.05, 0) is 36.2 Å². The molecular weight excluding hydrogens is 304 g/mol. The van der Waals surface area contributed by atoms with Crippen molar-refractivity contribution in [1.29, 1.82) is 0 Å². The molecule has 24 heavy (non-hydrogen) atoms. The van der Waals surface area contributed by atoms with E-state index in [0.717, 1.165) is 18.4 Å². The molecule has 0 saturated carbocycles. The van der Waals surface area contributed by atoms with Crippen LogP contribution < -0.4 is 0 Å². The van der Waals surface area contributed by atoms with E-state index < -0.39 is 17.9 Å². The highest BCUT2D eigenvalue weighted by Crippen LogP contribution is 2.28. The smallest absolute Gasteiger partial charge is 0.309 e. The number of benzene rings is 1. The molecule has 0 aliphatic carbocycles. The van der Waals surface area contributed by atoms with Crippen LogP contribution >= 0.6 is 0 Å². The Balaban J connectivity index is 2.54. The highest BCUT2D eigenvalue weighted by molar-refractivity contribution is 5.79. The SMILES string of the molecule is CC(CCC(CC(=O)O)C(=O)OCc1ccccc1)CC(C)(C)C. The van der Waals surface area contributed by atoms with Gasteiger partial charge in [-0.15, -0.1) is 0 Å². The molecule has 4 nitrogen and oxygen atoms in total. The van der Waals surface area contributed by atoms with E-state index in [1.807, 2.05) is 30.3 Å². The van der Waals surface area contributed by atoms with E-state index >= 15 is 0 Å². The first-order valence-electron chi connectivity index (χ1n) is 8.60. The Morgan fingerprint density at radius 1 is 1.12 bits per heavy atom. The first-order valence-corrected chi connectivity index (χ1v) is 8.60. The predicted octanol–water partition coefficient (Wildman–Crippen LogP) is 4.67. The molecule has 0 fully saturated rings. The highest BCUT2D eigenvalue weighted by atomic mass is 16.5. The van der Waals surface area contributed by atoms with E-state index in [4.69, 9.17) is 9.84 Å². The van der Waals surface area contributed by atoms with Gasteiger partial charge in [0.1, 0.15) is 6.61 Å². The van der Waals surface area contributed by atoms with Crippen LogP contribution in [0.4, 0.5) is 0 Å². The second kappa shape index (κ2) is 9.45. The summed E-state index contributed by atoms with van der Waals surface area (Å²) in [5.41, 5.74) is 1.14. The molecule has 4 heteroatoms. The third-order valence-electron chi connectivity index (χ3n) is 3.95. The van der Waals surface area contributed by atoms with Gasteiger partial charge in [0.15, 0.2) is 0 Å². The van der Waals surface area contributed by atoms with Crippen molar-refractivity contribution in [3.63, 3.8) is 0 Å². The Kier molecular flexibility index (Phi) is 7.96. The molecule has 1 N–H and O–H groups in total. The lowest BCUT2D eigenvalue weighted by Gasteiger charge is -2.24. The number of carbonyl (C=O) groups excluding carboxylic acids is 1. The Morgan fingerprint density at radius 3 is 2.29 bits per heavy atom. The Hall–Kier alpha value is -1.84. The van der Waals surface area contributed by atoms with Gasteiger partial charge >= 0.3 is 11.9 Å². The summed E-state index contributed by atoms with van der Waals surface area (Å²) >= 11 is 0. The standard InChI is InChI=1S/C20H30O4/c1-15(13-20(2,3)4)10-11-17(12-18(21)22)19(23)24-14-16-8-6-5-7-9-16/h5-9,15,17H,10-14H2,1-4H3,(H,21,22). The number of esters is 1. The van der Waals surface area contributed by atoms with Crippen LogP contribution in [-0.2, 0) is 20.9 Å². The Bertz CT molecular complexity index is 516. The second-order valence-corrected chi connectivity index (χ2v) is 7.84. The first-order chi connectivity index (χ1) is 11.2. The normalized spacial score (nSPS) is 14.0. The molecule has 2 unspecified atom stereocenters. The van der Waals surface area contributed by atoms with E-state index in [0.29, 0.717) is 12.3 Å². The molecule has 0 heterocycles. The molecule has 134 valence electrons. The summed E-state index contributed by atoms with van der Waals surface area (Å²) in [6.07, 6.45) is 2.26. The lowest BCUT2D eigenvalue weighted by atomic mass is 9.82. The fourth-order valence-corrected chi connectivity index (χ4v) is 2.99. The van der Waals surface area contributed by atoms with E-state index in [-0.39, 0.29) is 18.4 Å². The maximum atomic E-state index is 12.3. The zero-order chi connectivity index (χ0) is 18.2. The molecule has 0 amide bonds. The molecule has 0 radical (unpaired) electrons. The van der Waals surface area contributed by atoms with Gasteiger partial charge in [0.25, 0.3) is 0 Å². The zero-order valence-electron chi connectivity index (χ0n) is 15.2. The average molecular weight is 334 g/mol. The van der Waals surface area contributed by atoms with Gasteiger partial charge in [0.2, 0.25) is 0 Å². The summed E-state index contributed by atoms with van der Waals surface area (Å²) in [6, 6.07) is 9.42. The number of carboxylic acid groups (broad SMARTS) is 1. The van der Waals surface area contributed by atoms with Crippen LogP contribution in [0.1, 0.15) is 58.9 Å². The van der Waals surface area contributed by atoms with Gasteiger partial charge in [0, 0.05) is 0 Å². The van der Waals surface area contributed by atoms with Crippen molar-refractivity contribution >= 4 is 11.9 Å². The summed E-state index contributed by atoms with van der Waals surface area (Å²) in [7, 11) is 0. The lowest BCUT2D eigenvalue weighted by molar-refractivity contribution is -0.154. The Labute approximate surface area is 145 Å². The number of hydrogen-bond acceptors (Lipinski definition) is 3. The summed E-state index contributed by atoms with van der Waals surface area (Å²) in [5, 5.41) is 9.06. The Morgan fingerprint density at radius 2 is 1.75 bits per heavy atom. The monoisotopic (exact) mass is 334 g/mol. The van der Waals surface area contributed by atoms with Crippen LogP contribution in [0.3, 0.4) is 0 Å². The number of rotatable bonds is 9. The van der Waals surface area contributed by atoms with Crippen LogP contribution in [0, 0.1) is 17.3 Å². The molecule has 0 aliphatic rings. The van der Waals surface area contributed by atoms with Crippen LogP contribution in [0.15, 0.2) is 30.3 Å². The van der Waals surface area contributed by atoms with Gasteiger partial charge in [-0.1, -0.05) is 58.0 Å². The average Bonchev–Trinajstić information content (AvgIpc) is 2.48. The van der Waals surface area contributed by atoms with E-state index in [1.54, 1.807) is 0 Å². The fourth-order valence-electron chi connectivity index (χ4n) is 2.99. The molecule has 0 aliphatic heterocycles. The van der Waals surface area contributed by atoms with Crippen LogP contribution in [0.2, 0.25) is 0 Å². The summed E-state index contributed by atoms with van der Waals surface area (Å²) < 4.78 is 5.32. The molecular formula is C20H30O4. The van der Waals surface area contributed by atoms with Crippen molar-refractivity contribution in [3.8, 4) is 0 Å². The number of hydrogen-bond donors (Lipinski definition) is 1. The van der Waals surface area contributed by atoms with Gasteiger partial charge in [-0.25, -0.2) is 0 Å². The topological polar surface area (TPSA) is 63.6 Å². The number of ether oxygens (including phenoxy) is 1. The van der Waals surface area contributed by atoms with E-state index in [1.165, 1.54) is 0 Å². The second-order valence-electron chi connectivity index (χ2n) is 7.84. The van der Waals surface area contributed by atoms with Crippen LogP contribution in [0.25, 0.3) is 0 Å². The summed E-state index contributed by atoms with van der Waals surface area (Å²) in [6.45, 7) is 8.90. The maximum Gasteiger partial charge on any atom is 0.309 e. The van der Waals surface area contributed by atoms with Crippen molar-refractivity contribution in [2.45, 2.75) is 60.0 Å². The van der Waals surface area contributed by atoms with Crippen molar-refractivity contribution in [2.24, 2.45) is 17.3 Å². The third-order valence-corrected chi connectivity index (χ3v) is 3.95. The minimum atomic E-state index is -0.958. The molecule has 0 spiro atoms. The fraction of sp³-hybridized carbons (Fsp3) is 0.600. The first kappa shape index (κ1) is 20.2. The highest BCUT2D eigenvalue weighted by Gasteiger charge is 2.25. The third kappa shape index (κ3) is 8.70. The van der Waals surface area contributed by atoms with E-state index in [9.17, 15) is 9.59 Å². The maximum absolute atomic E-state index is 12.3. The van der Waals surface area contributed by atoms with E-state index in [2.05, 4.69) is 27.7 Å². The van der Waals surface area contributed by atoms with Gasteiger partial charge in [-0.3, -0.25) is 9.59 Å². The van der Waals surface area contributed by atoms with Gasteiger partial charge in [-0.2, -0.15) is 0 Å². The van der Waals surface area contributed by atoms with Gasteiger partial charge in [0.05, 0.1) is 12.3 Å². The quantitative estimate of drug-likeness (QED) is 0.666. The summed E-state index contributed by atoms with van der Waals surface area (Å²) in [5.74, 6) is -1.50. The van der Waals surface area contributed by atoms with Crippen LogP contribution in [-0.4, -0.2) is 17.0 Å². The minimum absolute atomic E-state index is 0.171. The molecule has 0 saturated heterocycles. The number of aliphatic carboxylic acids is 1. The van der Waals surface area contributed by atoms with Gasteiger partial charge < -0.3 is 9.84 Å². The molecule has 1 aromatic rings. The molecule has 0 bridgehead atoms.